The van der Waals surface area contributed by atoms with Crippen LogP contribution in [0.5, 0.6) is 0 Å². The summed E-state index contributed by atoms with van der Waals surface area (Å²) >= 11 is 16.0. The lowest BCUT2D eigenvalue weighted by Gasteiger charge is -2.12. The Hall–Kier alpha value is -1.10. The molecule has 0 bridgehead atoms. The highest BCUT2D eigenvalue weighted by atomic mass is 79.9. The van der Waals surface area contributed by atoms with Crippen molar-refractivity contribution in [2.24, 2.45) is 0 Å². The van der Waals surface area contributed by atoms with E-state index >= 15 is 0 Å². The second kappa shape index (κ2) is 5.59. The molecule has 2 nitrogen and oxygen atoms in total. The molecule has 0 spiro atoms. The van der Waals surface area contributed by atoms with Gasteiger partial charge in [-0.3, -0.25) is 4.57 Å². The van der Waals surface area contributed by atoms with Gasteiger partial charge in [-0.25, -0.2) is 9.37 Å². The van der Waals surface area contributed by atoms with Gasteiger partial charge in [0, 0.05) is 10.5 Å². The van der Waals surface area contributed by atoms with Crippen molar-refractivity contribution in [3.05, 3.63) is 57.5 Å². The van der Waals surface area contributed by atoms with E-state index in [1.54, 1.807) is 16.7 Å². The first-order valence-electron chi connectivity index (χ1n) is 6.25. The van der Waals surface area contributed by atoms with Gasteiger partial charge in [0.25, 0.3) is 0 Å². The fraction of sp³-hybridized carbons (Fsp3) is 0.133. The van der Waals surface area contributed by atoms with Crippen LogP contribution in [0.2, 0.25) is 5.02 Å². The largest absolute Gasteiger partial charge is 0.293 e. The normalized spacial score (nSPS) is 12.8. The highest BCUT2D eigenvalue weighted by Crippen LogP contribution is 2.33. The molecule has 0 aliphatic carbocycles. The van der Waals surface area contributed by atoms with Crippen molar-refractivity contribution in [3.63, 3.8) is 0 Å². The summed E-state index contributed by atoms with van der Waals surface area (Å²) in [4.78, 5) is 4.49. The number of nitrogens with zero attached hydrogens (tertiary/aromatic N) is 2. The van der Waals surface area contributed by atoms with Gasteiger partial charge in [0.1, 0.15) is 11.6 Å². The van der Waals surface area contributed by atoms with Crippen molar-refractivity contribution in [1.82, 2.24) is 9.55 Å². The first-order valence-corrected chi connectivity index (χ1v) is 7.85. The zero-order valence-electron chi connectivity index (χ0n) is 10.9. The summed E-state index contributed by atoms with van der Waals surface area (Å²) in [6.07, 6.45) is 0. The summed E-state index contributed by atoms with van der Waals surface area (Å²) in [6, 6.07) is 9.92. The van der Waals surface area contributed by atoms with Crippen molar-refractivity contribution in [2.45, 2.75) is 12.3 Å². The van der Waals surface area contributed by atoms with Crippen LogP contribution in [0.15, 0.2) is 40.9 Å². The lowest BCUT2D eigenvalue weighted by molar-refractivity contribution is 0.629. The molecule has 0 aliphatic heterocycles. The van der Waals surface area contributed by atoms with E-state index in [2.05, 4.69) is 20.9 Å². The van der Waals surface area contributed by atoms with E-state index in [9.17, 15) is 4.39 Å². The summed E-state index contributed by atoms with van der Waals surface area (Å²) in [5.41, 5.74) is 2.02. The fourth-order valence-electron chi connectivity index (χ4n) is 2.24. The van der Waals surface area contributed by atoms with Crippen LogP contribution in [0.3, 0.4) is 0 Å². The average Bonchev–Trinajstić information content (AvgIpc) is 2.80. The van der Waals surface area contributed by atoms with Gasteiger partial charge in [0.2, 0.25) is 0 Å². The summed E-state index contributed by atoms with van der Waals surface area (Å²) in [7, 11) is 0. The summed E-state index contributed by atoms with van der Waals surface area (Å²) < 4.78 is 16.3. The number of imidazole rings is 1. The Labute approximate surface area is 139 Å². The quantitative estimate of drug-likeness (QED) is 0.502. The Morgan fingerprint density at radius 3 is 2.71 bits per heavy atom. The maximum absolute atomic E-state index is 13.6. The van der Waals surface area contributed by atoms with Crippen LogP contribution < -0.4 is 0 Å². The molecule has 0 fully saturated rings. The van der Waals surface area contributed by atoms with E-state index in [-0.39, 0.29) is 11.2 Å². The summed E-state index contributed by atoms with van der Waals surface area (Å²) in [6.45, 7) is 1.82. The van der Waals surface area contributed by atoms with Gasteiger partial charge in [-0.1, -0.05) is 27.5 Å². The lowest BCUT2D eigenvalue weighted by atomic mass is 10.2. The van der Waals surface area contributed by atoms with Gasteiger partial charge in [0.05, 0.1) is 27.1 Å². The van der Waals surface area contributed by atoms with Crippen LogP contribution in [0.1, 0.15) is 18.1 Å². The standard InChI is InChI=1S/C15H10BrCl2FN2/c1-8(17)15-20-12-5-3-10(19)7-14(12)21(15)13-6-9(16)2-4-11(13)18/h2-8H,1H3. The Bertz CT molecular complexity index is 830. The molecule has 0 N–H and O–H groups in total. The summed E-state index contributed by atoms with van der Waals surface area (Å²) in [5.74, 6) is 0.292. The lowest BCUT2D eigenvalue weighted by Crippen LogP contribution is -2.02. The first-order chi connectivity index (χ1) is 9.97. The van der Waals surface area contributed by atoms with Gasteiger partial charge in [-0.05, 0) is 37.3 Å². The van der Waals surface area contributed by atoms with E-state index in [1.807, 2.05) is 19.1 Å². The third-order valence-corrected chi connectivity index (χ3v) is 4.16. The van der Waals surface area contributed by atoms with Crippen LogP contribution >= 0.6 is 39.1 Å². The van der Waals surface area contributed by atoms with Gasteiger partial charge in [-0.15, -0.1) is 11.6 Å². The monoisotopic (exact) mass is 386 g/mol. The van der Waals surface area contributed by atoms with Crippen molar-refractivity contribution >= 4 is 50.2 Å². The van der Waals surface area contributed by atoms with E-state index in [4.69, 9.17) is 23.2 Å². The molecule has 0 saturated carbocycles. The van der Waals surface area contributed by atoms with E-state index in [1.165, 1.54) is 12.1 Å². The second-order valence-electron chi connectivity index (χ2n) is 4.65. The Morgan fingerprint density at radius 2 is 2.00 bits per heavy atom. The van der Waals surface area contributed by atoms with Crippen LogP contribution in [-0.2, 0) is 0 Å². The van der Waals surface area contributed by atoms with E-state index in [0.717, 1.165) is 4.47 Å². The second-order valence-corrected chi connectivity index (χ2v) is 6.63. The van der Waals surface area contributed by atoms with E-state index in [0.29, 0.717) is 27.6 Å². The Kier molecular flexibility index (Phi) is 3.95. The van der Waals surface area contributed by atoms with Crippen LogP contribution in [0.4, 0.5) is 4.39 Å². The number of halogens is 4. The molecule has 0 aliphatic rings. The van der Waals surface area contributed by atoms with Crippen LogP contribution in [0.25, 0.3) is 16.7 Å². The van der Waals surface area contributed by atoms with Crippen molar-refractivity contribution < 1.29 is 4.39 Å². The average molecular weight is 388 g/mol. The first kappa shape index (κ1) is 14.8. The minimum absolute atomic E-state index is 0.330. The molecule has 1 unspecified atom stereocenters. The minimum atomic E-state index is -0.337. The third kappa shape index (κ3) is 2.68. The predicted molar refractivity (Wildman–Crippen MR) is 88.0 cm³/mol. The smallest absolute Gasteiger partial charge is 0.132 e. The molecular formula is C15H10BrCl2FN2. The molecule has 21 heavy (non-hydrogen) atoms. The topological polar surface area (TPSA) is 17.8 Å². The van der Waals surface area contributed by atoms with Crippen LogP contribution in [-0.4, -0.2) is 9.55 Å². The number of hydrogen-bond acceptors (Lipinski definition) is 1. The number of rotatable bonds is 2. The highest BCUT2D eigenvalue weighted by Gasteiger charge is 2.18. The molecule has 0 radical (unpaired) electrons. The number of benzene rings is 2. The van der Waals surface area contributed by atoms with Gasteiger partial charge >= 0.3 is 0 Å². The molecule has 1 atom stereocenters. The maximum Gasteiger partial charge on any atom is 0.132 e. The van der Waals surface area contributed by atoms with Crippen LogP contribution in [0, 0.1) is 5.82 Å². The molecule has 108 valence electrons. The minimum Gasteiger partial charge on any atom is -0.293 e. The van der Waals surface area contributed by atoms with Gasteiger partial charge in [-0.2, -0.15) is 0 Å². The van der Waals surface area contributed by atoms with Crippen molar-refractivity contribution in [2.75, 3.05) is 0 Å². The van der Waals surface area contributed by atoms with E-state index < -0.39 is 0 Å². The number of aromatic nitrogens is 2. The molecular weight excluding hydrogens is 378 g/mol. The number of fused-ring (bicyclic) bond motifs is 1. The Balaban J connectivity index is 2.41. The van der Waals surface area contributed by atoms with Crippen molar-refractivity contribution in [1.29, 1.82) is 0 Å². The molecule has 2 aromatic carbocycles. The maximum atomic E-state index is 13.6. The molecule has 1 aromatic heterocycles. The SMILES string of the molecule is CC(Cl)c1nc2ccc(F)cc2n1-c1cc(Br)ccc1Cl. The number of hydrogen-bond donors (Lipinski definition) is 0. The molecule has 6 heteroatoms. The Morgan fingerprint density at radius 1 is 1.24 bits per heavy atom. The molecule has 0 amide bonds. The van der Waals surface area contributed by atoms with Crippen molar-refractivity contribution in [3.8, 4) is 5.69 Å². The molecule has 3 rings (SSSR count). The predicted octanol–water partition coefficient (Wildman–Crippen LogP) is 5.88. The zero-order chi connectivity index (χ0) is 15.1. The molecule has 1 heterocycles. The zero-order valence-corrected chi connectivity index (χ0v) is 14.0. The summed E-state index contributed by atoms with van der Waals surface area (Å²) in [5, 5.41) is 0.204. The van der Waals surface area contributed by atoms with Gasteiger partial charge in [0.15, 0.2) is 0 Å². The fourth-order valence-corrected chi connectivity index (χ4v) is 2.94. The third-order valence-electron chi connectivity index (χ3n) is 3.15. The van der Waals surface area contributed by atoms with Gasteiger partial charge < -0.3 is 0 Å². The highest BCUT2D eigenvalue weighted by molar-refractivity contribution is 9.10. The number of alkyl halides is 1. The molecule has 3 aromatic rings. The molecule has 0 saturated heterocycles.